The fourth-order valence-corrected chi connectivity index (χ4v) is 3.93. The number of anilines is 1. The van der Waals surface area contributed by atoms with E-state index in [2.05, 4.69) is 10.3 Å². The number of hydrogen-bond acceptors (Lipinski definition) is 5. The maximum absolute atomic E-state index is 13.5. The van der Waals surface area contributed by atoms with E-state index in [0.29, 0.717) is 34.2 Å². The second-order valence-corrected chi connectivity index (χ2v) is 7.91. The van der Waals surface area contributed by atoms with Crippen LogP contribution in [0.15, 0.2) is 79.0 Å². The lowest BCUT2D eigenvalue weighted by atomic mass is 10.1. The van der Waals surface area contributed by atoms with Crippen LogP contribution in [0.2, 0.25) is 0 Å². The Labute approximate surface area is 205 Å². The lowest BCUT2D eigenvalue weighted by Gasteiger charge is -2.13. The van der Waals surface area contributed by atoms with Crippen molar-refractivity contribution in [3.8, 4) is 23.0 Å². The standard InChI is InChI=1S/C28H20F2N2O4/c1-34-26-14-20-24(15-27(26)35-2)31-11-10-25(20)36-18-7-8-19-16(12-18)4-3-5-23(19)32-28(33)17-6-9-21(29)22(30)13-17/h3-15H,1-2H3,(H,32,33). The molecule has 5 aromatic rings. The van der Waals surface area contributed by atoms with E-state index in [1.54, 1.807) is 50.7 Å². The number of nitrogens with one attached hydrogen (secondary N) is 1. The van der Waals surface area contributed by atoms with Crippen LogP contribution in [0, 0.1) is 11.6 Å². The van der Waals surface area contributed by atoms with Gasteiger partial charge >= 0.3 is 0 Å². The number of ether oxygens (including phenoxy) is 3. The summed E-state index contributed by atoms with van der Waals surface area (Å²) in [7, 11) is 3.13. The highest BCUT2D eigenvalue weighted by Gasteiger charge is 2.14. The van der Waals surface area contributed by atoms with E-state index in [9.17, 15) is 13.6 Å². The lowest BCUT2D eigenvalue weighted by molar-refractivity contribution is 0.102. The van der Waals surface area contributed by atoms with Gasteiger partial charge in [-0.25, -0.2) is 8.78 Å². The topological polar surface area (TPSA) is 69.7 Å². The van der Waals surface area contributed by atoms with Crippen LogP contribution in [0.4, 0.5) is 14.5 Å². The number of hydrogen-bond donors (Lipinski definition) is 1. The van der Waals surface area contributed by atoms with Crippen LogP contribution >= 0.6 is 0 Å². The van der Waals surface area contributed by atoms with Gasteiger partial charge in [0.15, 0.2) is 23.1 Å². The number of rotatable bonds is 6. The van der Waals surface area contributed by atoms with Gasteiger partial charge in [-0.1, -0.05) is 12.1 Å². The number of benzene rings is 4. The van der Waals surface area contributed by atoms with Crippen molar-refractivity contribution in [1.29, 1.82) is 0 Å². The SMILES string of the molecule is COc1cc2nccc(Oc3ccc4c(NC(=O)c5ccc(F)c(F)c5)cccc4c3)c2cc1OC. The Bertz CT molecular complexity index is 1620. The Balaban J connectivity index is 1.45. The summed E-state index contributed by atoms with van der Waals surface area (Å²) in [6.45, 7) is 0. The zero-order chi connectivity index (χ0) is 25.2. The van der Waals surface area contributed by atoms with Gasteiger partial charge in [-0.3, -0.25) is 9.78 Å². The number of pyridine rings is 1. The highest BCUT2D eigenvalue weighted by Crippen LogP contribution is 2.37. The Morgan fingerprint density at radius 3 is 2.39 bits per heavy atom. The van der Waals surface area contributed by atoms with Crippen molar-refractivity contribution < 1.29 is 27.8 Å². The molecule has 0 radical (unpaired) electrons. The maximum atomic E-state index is 13.5. The number of fused-ring (bicyclic) bond motifs is 2. The third-order valence-corrected chi connectivity index (χ3v) is 5.72. The largest absolute Gasteiger partial charge is 0.493 e. The molecule has 1 N–H and O–H groups in total. The minimum Gasteiger partial charge on any atom is -0.493 e. The Kier molecular flexibility index (Phi) is 6.08. The number of carbonyl (C=O) groups excluding carboxylic acids is 1. The summed E-state index contributed by atoms with van der Waals surface area (Å²) in [6.07, 6.45) is 1.65. The van der Waals surface area contributed by atoms with Gasteiger partial charge in [0.2, 0.25) is 0 Å². The molecule has 8 heteroatoms. The predicted octanol–water partition coefficient (Wildman–Crippen LogP) is 6.73. The van der Waals surface area contributed by atoms with Gasteiger partial charge in [0, 0.05) is 34.3 Å². The van der Waals surface area contributed by atoms with E-state index in [4.69, 9.17) is 14.2 Å². The lowest BCUT2D eigenvalue weighted by Crippen LogP contribution is -2.12. The second kappa shape index (κ2) is 9.50. The number of nitrogens with zero attached hydrogens (tertiary/aromatic N) is 1. The number of aromatic nitrogens is 1. The molecule has 0 aliphatic carbocycles. The highest BCUT2D eigenvalue weighted by atomic mass is 19.2. The Morgan fingerprint density at radius 2 is 1.61 bits per heavy atom. The van der Waals surface area contributed by atoms with Gasteiger partial charge in [0.1, 0.15) is 11.5 Å². The fraction of sp³-hybridized carbons (Fsp3) is 0.0714. The molecule has 0 fully saturated rings. The molecular weight excluding hydrogens is 466 g/mol. The Hall–Kier alpha value is -4.72. The van der Waals surface area contributed by atoms with Gasteiger partial charge in [-0.05, 0) is 60.0 Å². The maximum Gasteiger partial charge on any atom is 0.255 e. The Morgan fingerprint density at radius 1 is 0.806 bits per heavy atom. The predicted molar refractivity (Wildman–Crippen MR) is 133 cm³/mol. The molecule has 0 bridgehead atoms. The van der Waals surface area contributed by atoms with Crippen LogP contribution in [-0.4, -0.2) is 25.1 Å². The van der Waals surface area contributed by atoms with Gasteiger partial charge in [-0.2, -0.15) is 0 Å². The van der Waals surface area contributed by atoms with Gasteiger partial charge in [0.05, 0.1) is 19.7 Å². The summed E-state index contributed by atoms with van der Waals surface area (Å²) >= 11 is 0. The van der Waals surface area contributed by atoms with Gasteiger partial charge < -0.3 is 19.5 Å². The molecule has 0 unspecified atom stereocenters. The summed E-state index contributed by atoms with van der Waals surface area (Å²) in [5.74, 6) is -0.349. The molecule has 1 heterocycles. The third-order valence-electron chi connectivity index (χ3n) is 5.72. The van der Waals surface area contributed by atoms with Crippen LogP contribution < -0.4 is 19.5 Å². The minimum atomic E-state index is -1.08. The van der Waals surface area contributed by atoms with E-state index in [0.717, 1.165) is 28.3 Å². The minimum absolute atomic E-state index is 0.0162. The number of methoxy groups -OCH3 is 2. The summed E-state index contributed by atoms with van der Waals surface area (Å²) in [5.41, 5.74) is 1.23. The molecule has 0 aliphatic rings. The van der Waals surface area contributed by atoms with E-state index in [-0.39, 0.29) is 5.56 Å². The van der Waals surface area contributed by atoms with E-state index in [1.807, 2.05) is 24.3 Å². The highest BCUT2D eigenvalue weighted by molar-refractivity contribution is 6.09. The molecular formula is C28H20F2N2O4. The van der Waals surface area contributed by atoms with Crippen molar-refractivity contribution in [2.45, 2.75) is 0 Å². The third kappa shape index (κ3) is 4.36. The molecule has 6 nitrogen and oxygen atoms in total. The van der Waals surface area contributed by atoms with Crippen LogP contribution in [0.1, 0.15) is 10.4 Å². The first-order valence-corrected chi connectivity index (χ1v) is 10.9. The second-order valence-electron chi connectivity index (χ2n) is 7.91. The first-order valence-electron chi connectivity index (χ1n) is 10.9. The van der Waals surface area contributed by atoms with Crippen molar-refractivity contribution in [3.63, 3.8) is 0 Å². The van der Waals surface area contributed by atoms with Gasteiger partial charge in [-0.15, -0.1) is 0 Å². The molecule has 5 rings (SSSR count). The molecule has 0 saturated carbocycles. The molecule has 0 atom stereocenters. The van der Waals surface area contributed by atoms with Crippen molar-refractivity contribution >= 4 is 33.3 Å². The molecule has 180 valence electrons. The molecule has 0 aliphatic heterocycles. The molecule has 1 aromatic heterocycles. The summed E-state index contributed by atoms with van der Waals surface area (Å²) in [5, 5.41) is 5.08. The van der Waals surface area contributed by atoms with Crippen LogP contribution in [0.25, 0.3) is 21.7 Å². The van der Waals surface area contributed by atoms with Crippen molar-refractivity contribution in [2.75, 3.05) is 19.5 Å². The average molecular weight is 486 g/mol. The van der Waals surface area contributed by atoms with Crippen molar-refractivity contribution in [1.82, 2.24) is 4.98 Å². The fourth-order valence-electron chi connectivity index (χ4n) is 3.93. The summed E-state index contributed by atoms with van der Waals surface area (Å²) in [4.78, 5) is 17.0. The number of carbonyl (C=O) groups is 1. The van der Waals surface area contributed by atoms with E-state index in [1.165, 1.54) is 6.07 Å². The number of amides is 1. The quantitative estimate of drug-likeness (QED) is 0.288. The van der Waals surface area contributed by atoms with Crippen molar-refractivity contribution in [2.24, 2.45) is 0 Å². The van der Waals surface area contributed by atoms with E-state index < -0.39 is 17.5 Å². The zero-order valence-electron chi connectivity index (χ0n) is 19.3. The molecule has 1 amide bonds. The van der Waals surface area contributed by atoms with Crippen LogP contribution in [-0.2, 0) is 0 Å². The molecule has 4 aromatic carbocycles. The first-order chi connectivity index (χ1) is 17.5. The zero-order valence-corrected chi connectivity index (χ0v) is 19.3. The van der Waals surface area contributed by atoms with Gasteiger partial charge in [0.25, 0.3) is 5.91 Å². The van der Waals surface area contributed by atoms with E-state index >= 15 is 0 Å². The summed E-state index contributed by atoms with van der Waals surface area (Å²) < 4.78 is 43.7. The number of halogens is 2. The van der Waals surface area contributed by atoms with Crippen LogP contribution in [0.3, 0.4) is 0 Å². The van der Waals surface area contributed by atoms with Crippen molar-refractivity contribution in [3.05, 3.63) is 96.2 Å². The smallest absolute Gasteiger partial charge is 0.255 e. The monoisotopic (exact) mass is 486 g/mol. The molecule has 0 spiro atoms. The first kappa shape index (κ1) is 23.0. The summed E-state index contributed by atoms with van der Waals surface area (Å²) in [6, 6.07) is 19.2. The normalized spacial score (nSPS) is 10.9. The molecule has 36 heavy (non-hydrogen) atoms. The average Bonchev–Trinajstić information content (AvgIpc) is 2.89. The molecule has 0 saturated heterocycles. The van der Waals surface area contributed by atoms with Crippen LogP contribution in [0.5, 0.6) is 23.0 Å².